The second-order valence-corrected chi connectivity index (χ2v) is 5.11. The average Bonchev–Trinajstić information content (AvgIpc) is 2.34. The van der Waals surface area contributed by atoms with Crippen molar-refractivity contribution in [1.29, 1.82) is 0 Å². The van der Waals surface area contributed by atoms with Crippen LogP contribution in [0.4, 0.5) is 14.5 Å². The zero-order valence-electron chi connectivity index (χ0n) is 10.8. The summed E-state index contributed by atoms with van der Waals surface area (Å²) in [6.45, 7) is 4.78. The molecule has 0 aromatic heterocycles. The van der Waals surface area contributed by atoms with Crippen LogP contribution in [0.5, 0.6) is 0 Å². The number of nitrogens with one attached hydrogen (secondary N) is 1. The van der Waals surface area contributed by atoms with Gasteiger partial charge >= 0.3 is 0 Å². The minimum Gasteiger partial charge on any atom is -0.380 e. The van der Waals surface area contributed by atoms with Gasteiger partial charge in [-0.2, -0.15) is 0 Å². The smallest absolute Gasteiger partial charge is 0.146 e. The lowest BCUT2D eigenvalue weighted by molar-refractivity contribution is -0.0709. The Bertz CT molecular complexity index is 424. The summed E-state index contributed by atoms with van der Waals surface area (Å²) >= 11 is 0. The highest BCUT2D eigenvalue weighted by Crippen LogP contribution is 2.30. The Morgan fingerprint density at radius 2 is 2.22 bits per heavy atom. The van der Waals surface area contributed by atoms with Crippen molar-refractivity contribution in [3.8, 4) is 0 Å². The maximum Gasteiger partial charge on any atom is 0.146 e. The molecule has 2 rings (SSSR count). The summed E-state index contributed by atoms with van der Waals surface area (Å²) in [6, 6.07) is 3.60. The highest BCUT2D eigenvalue weighted by Gasteiger charge is 2.31. The van der Waals surface area contributed by atoms with Crippen LogP contribution in [0.15, 0.2) is 18.2 Å². The summed E-state index contributed by atoms with van der Waals surface area (Å²) in [5, 5.41) is 3.08. The standard InChI is InChI=1S/C14H19F2NO/c1-3-14(2)9-11(6-7-18-14)17-13-8-10(15)4-5-12(13)16/h4-5,8,11,17H,3,6-7,9H2,1-2H3. The molecule has 1 saturated heterocycles. The van der Waals surface area contributed by atoms with Gasteiger partial charge in [-0.1, -0.05) is 6.92 Å². The van der Waals surface area contributed by atoms with Crippen LogP contribution in [-0.2, 0) is 4.74 Å². The largest absolute Gasteiger partial charge is 0.380 e. The topological polar surface area (TPSA) is 21.3 Å². The number of rotatable bonds is 3. The van der Waals surface area contributed by atoms with Crippen LogP contribution in [0.2, 0.25) is 0 Å². The van der Waals surface area contributed by atoms with Crippen molar-refractivity contribution in [2.45, 2.75) is 44.8 Å². The van der Waals surface area contributed by atoms with Crippen LogP contribution < -0.4 is 5.32 Å². The maximum atomic E-state index is 13.5. The molecular weight excluding hydrogens is 236 g/mol. The summed E-state index contributed by atoms with van der Waals surface area (Å²) < 4.78 is 32.4. The molecule has 1 aliphatic rings. The first kappa shape index (κ1) is 13.3. The maximum absolute atomic E-state index is 13.5. The zero-order valence-corrected chi connectivity index (χ0v) is 10.8. The Balaban J connectivity index is 2.07. The molecule has 1 heterocycles. The number of hydrogen-bond donors (Lipinski definition) is 1. The molecule has 1 fully saturated rings. The van der Waals surface area contributed by atoms with E-state index in [0.29, 0.717) is 6.61 Å². The summed E-state index contributed by atoms with van der Waals surface area (Å²) in [4.78, 5) is 0. The fourth-order valence-corrected chi connectivity index (χ4v) is 2.33. The molecule has 0 saturated carbocycles. The Morgan fingerprint density at radius 1 is 1.44 bits per heavy atom. The lowest BCUT2D eigenvalue weighted by atomic mass is 9.90. The second kappa shape index (κ2) is 5.22. The van der Waals surface area contributed by atoms with E-state index in [1.807, 2.05) is 0 Å². The van der Waals surface area contributed by atoms with Crippen molar-refractivity contribution in [2.24, 2.45) is 0 Å². The van der Waals surface area contributed by atoms with Gasteiger partial charge in [-0.15, -0.1) is 0 Å². The van der Waals surface area contributed by atoms with Crippen LogP contribution in [0.1, 0.15) is 33.1 Å². The van der Waals surface area contributed by atoms with Crippen molar-refractivity contribution in [2.75, 3.05) is 11.9 Å². The van der Waals surface area contributed by atoms with Crippen molar-refractivity contribution < 1.29 is 13.5 Å². The molecule has 100 valence electrons. The van der Waals surface area contributed by atoms with Crippen molar-refractivity contribution >= 4 is 5.69 Å². The summed E-state index contributed by atoms with van der Waals surface area (Å²) in [5.41, 5.74) is 0.0695. The molecule has 1 aromatic carbocycles. The van der Waals surface area contributed by atoms with Crippen LogP contribution in [-0.4, -0.2) is 18.2 Å². The molecular formula is C14H19F2NO. The third kappa shape index (κ3) is 2.99. The quantitative estimate of drug-likeness (QED) is 0.888. The van der Waals surface area contributed by atoms with E-state index >= 15 is 0 Å². The summed E-state index contributed by atoms with van der Waals surface area (Å²) in [5.74, 6) is -0.842. The monoisotopic (exact) mass is 255 g/mol. The highest BCUT2D eigenvalue weighted by atomic mass is 19.1. The number of benzene rings is 1. The second-order valence-electron chi connectivity index (χ2n) is 5.11. The van der Waals surface area contributed by atoms with Crippen molar-refractivity contribution in [3.05, 3.63) is 29.8 Å². The van der Waals surface area contributed by atoms with Gasteiger partial charge in [0.15, 0.2) is 0 Å². The lowest BCUT2D eigenvalue weighted by Crippen LogP contribution is -2.42. The van der Waals surface area contributed by atoms with Crippen LogP contribution in [0, 0.1) is 11.6 Å². The van der Waals surface area contributed by atoms with E-state index in [-0.39, 0.29) is 17.3 Å². The van der Waals surface area contributed by atoms with E-state index in [4.69, 9.17) is 4.74 Å². The zero-order chi connectivity index (χ0) is 13.2. The van der Waals surface area contributed by atoms with Gasteiger partial charge in [-0.3, -0.25) is 0 Å². The third-order valence-corrected chi connectivity index (χ3v) is 3.63. The minimum atomic E-state index is -0.427. The molecule has 2 unspecified atom stereocenters. The molecule has 0 bridgehead atoms. The summed E-state index contributed by atoms with van der Waals surface area (Å²) in [6.07, 6.45) is 2.53. The fourth-order valence-electron chi connectivity index (χ4n) is 2.33. The third-order valence-electron chi connectivity index (χ3n) is 3.63. The number of ether oxygens (including phenoxy) is 1. The van der Waals surface area contributed by atoms with Gasteiger partial charge in [0, 0.05) is 12.6 Å². The fraction of sp³-hybridized carbons (Fsp3) is 0.571. The SMILES string of the molecule is CCC1(C)CC(Nc2cc(F)ccc2F)CCO1. The molecule has 2 atom stereocenters. The molecule has 1 N–H and O–H groups in total. The Labute approximate surface area is 106 Å². The van der Waals surface area contributed by atoms with Crippen LogP contribution >= 0.6 is 0 Å². The van der Waals surface area contributed by atoms with Gasteiger partial charge in [0.05, 0.1) is 11.3 Å². The molecule has 1 aromatic rings. The van der Waals surface area contributed by atoms with Gasteiger partial charge in [0.2, 0.25) is 0 Å². The Hall–Kier alpha value is -1.16. The van der Waals surface area contributed by atoms with E-state index in [1.165, 1.54) is 6.07 Å². The Morgan fingerprint density at radius 3 is 2.94 bits per heavy atom. The first-order chi connectivity index (χ1) is 8.52. The van der Waals surface area contributed by atoms with Gasteiger partial charge in [-0.05, 0) is 44.4 Å². The van der Waals surface area contributed by atoms with Gasteiger partial charge in [0.25, 0.3) is 0 Å². The predicted octanol–water partition coefficient (Wildman–Crippen LogP) is 3.72. The predicted molar refractivity (Wildman–Crippen MR) is 67.7 cm³/mol. The first-order valence-electron chi connectivity index (χ1n) is 6.38. The molecule has 18 heavy (non-hydrogen) atoms. The molecule has 4 heteroatoms. The molecule has 1 aliphatic heterocycles. The lowest BCUT2D eigenvalue weighted by Gasteiger charge is -2.38. The van der Waals surface area contributed by atoms with Gasteiger partial charge < -0.3 is 10.1 Å². The van der Waals surface area contributed by atoms with Crippen molar-refractivity contribution in [3.63, 3.8) is 0 Å². The number of anilines is 1. The van der Waals surface area contributed by atoms with E-state index < -0.39 is 11.6 Å². The van der Waals surface area contributed by atoms with Gasteiger partial charge in [-0.25, -0.2) is 8.78 Å². The number of halogens is 2. The van der Waals surface area contributed by atoms with E-state index in [2.05, 4.69) is 19.2 Å². The minimum absolute atomic E-state index is 0.125. The average molecular weight is 255 g/mol. The molecule has 0 spiro atoms. The molecule has 0 aliphatic carbocycles. The highest BCUT2D eigenvalue weighted by molar-refractivity contribution is 5.45. The van der Waals surface area contributed by atoms with E-state index in [9.17, 15) is 8.78 Å². The molecule has 0 amide bonds. The normalized spacial score (nSPS) is 28.1. The van der Waals surface area contributed by atoms with E-state index in [0.717, 1.165) is 31.4 Å². The van der Waals surface area contributed by atoms with Crippen LogP contribution in [0.25, 0.3) is 0 Å². The van der Waals surface area contributed by atoms with Crippen molar-refractivity contribution in [1.82, 2.24) is 0 Å². The Kier molecular flexibility index (Phi) is 3.85. The van der Waals surface area contributed by atoms with Gasteiger partial charge in [0.1, 0.15) is 11.6 Å². The van der Waals surface area contributed by atoms with E-state index in [1.54, 1.807) is 0 Å². The van der Waals surface area contributed by atoms with Crippen LogP contribution in [0.3, 0.4) is 0 Å². The first-order valence-corrected chi connectivity index (χ1v) is 6.38. The molecule has 2 nitrogen and oxygen atoms in total. The number of hydrogen-bond acceptors (Lipinski definition) is 2. The molecule has 0 radical (unpaired) electrons. The summed E-state index contributed by atoms with van der Waals surface area (Å²) in [7, 11) is 0.